The van der Waals surface area contributed by atoms with E-state index < -0.39 is 17.6 Å². The molecule has 0 saturated carbocycles. The summed E-state index contributed by atoms with van der Waals surface area (Å²) in [6.45, 7) is 5.22. The molecule has 0 atom stereocenters. The number of aromatic nitrogens is 1. The number of rotatable bonds is 10. The summed E-state index contributed by atoms with van der Waals surface area (Å²) >= 11 is 0. The Morgan fingerprint density at radius 1 is 1.16 bits per heavy atom. The predicted octanol–water partition coefficient (Wildman–Crippen LogP) is 4.71. The Morgan fingerprint density at radius 3 is 2.54 bits per heavy atom. The van der Waals surface area contributed by atoms with Gasteiger partial charge in [-0.15, -0.1) is 0 Å². The minimum atomic E-state index is -0.655. The van der Waals surface area contributed by atoms with Crippen LogP contribution in [-0.2, 0) is 16.1 Å². The molecular formula is C27H30F2N4O4. The maximum absolute atomic E-state index is 14.8. The Hall–Kier alpha value is -4.21. The maximum Gasteiger partial charge on any atom is 0.302 e. The first-order valence-electron chi connectivity index (χ1n) is 11.6. The van der Waals surface area contributed by atoms with Gasteiger partial charge in [-0.1, -0.05) is 13.8 Å². The number of ether oxygens (including phenoxy) is 2. The lowest BCUT2D eigenvalue weighted by atomic mass is 9.97. The number of carbonyl (C=O) groups is 2. The van der Waals surface area contributed by atoms with E-state index >= 15 is 0 Å². The standard InChI is InChI=1S/C27H30F2N4O4/c1-15(2)17-9-23(29)21(13-34)25(10-17)36-8-7-33(4)24-12-18(28)11-20(22(24)14-37-16(3)35)19-5-6-32-27(31)26(19)30/h5-6,9-13,15H,7-8,14,30H2,1-4H3,(H2,31,32). The SMILES string of the molecule is CC(=O)OCc1c(-c2ccnc(N)c2N)cc(F)cc1N(C)CCOc1cc(C(C)C)cc(F)c1C=O. The van der Waals surface area contributed by atoms with Gasteiger partial charge in [0.1, 0.15) is 36.4 Å². The Balaban J connectivity index is 1.94. The molecule has 8 nitrogen and oxygen atoms in total. The molecule has 0 aliphatic heterocycles. The Labute approximate surface area is 214 Å². The lowest BCUT2D eigenvalue weighted by molar-refractivity contribution is -0.142. The number of nitrogens with two attached hydrogens (primary N) is 2. The second-order valence-corrected chi connectivity index (χ2v) is 8.85. The van der Waals surface area contributed by atoms with Gasteiger partial charge in [-0.2, -0.15) is 0 Å². The first-order valence-corrected chi connectivity index (χ1v) is 11.6. The minimum absolute atomic E-state index is 0.0319. The van der Waals surface area contributed by atoms with Gasteiger partial charge in [-0.05, 0) is 47.4 Å². The zero-order valence-electron chi connectivity index (χ0n) is 21.2. The van der Waals surface area contributed by atoms with Crippen LogP contribution in [0.2, 0.25) is 0 Å². The molecule has 1 heterocycles. The lowest BCUT2D eigenvalue weighted by Crippen LogP contribution is -2.26. The lowest BCUT2D eigenvalue weighted by Gasteiger charge is -2.25. The number of nitrogen functional groups attached to an aromatic ring is 2. The number of carbonyl (C=O) groups excluding carboxylic acids is 2. The van der Waals surface area contributed by atoms with Crippen molar-refractivity contribution in [1.29, 1.82) is 0 Å². The van der Waals surface area contributed by atoms with E-state index in [1.807, 2.05) is 13.8 Å². The van der Waals surface area contributed by atoms with Crippen LogP contribution in [0.1, 0.15) is 48.2 Å². The largest absolute Gasteiger partial charge is 0.491 e. The average molecular weight is 513 g/mol. The summed E-state index contributed by atoms with van der Waals surface area (Å²) in [6, 6.07) is 7.15. The molecule has 0 radical (unpaired) electrons. The van der Waals surface area contributed by atoms with E-state index in [1.165, 1.54) is 31.3 Å². The molecular weight excluding hydrogens is 482 g/mol. The Kier molecular flexibility index (Phi) is 8.65. The van der Waals surface area contributed by atoms with Gasteiger partial charge in [-0.25, -0.2) is 13.8 Å². The van der Waals surface area contributed by atoms with Gasteiger partial charge in [0.05, 0.1) is 17.8 Å². The van der Waals surface area contributed by atoms with Crippen molar-refractivity contribution in [2.45, 2.75) is 33.3 Å². The first-order chi connectivity index (χ1) is 17.5. The van der Waals surface area contributed by atoms with Crippen molar-refractivity contribution in [3.8, 4) is 16.9 Å². The second kappa shape index (κ2) is 11.7. The molecule has 0 aliphatic carbocycles. The van der Waals surface area contributed by atoms with Gasteiger partial charge in [0.25, 0.3) is 0 Å². The molecule has 196 valence electrons. The van der Waals surface area contributed by atoms with E-state index in [1.54, 1.807) is 24.1 Å². The summed E-state index contributed by atoms with van der Waals surface area (Å²) in [5, 5.41) is 0. The fourth-order valence-corrected chi connectivity index (χ4v) is 3.85. The van der Waals surface area contributed by atoms with Crippen molar-refractivity contribution in [1.82, 2.24) is 4.98 Å². The third kappa shape index (κ3) is 6.32. The van der Waals surface area contributed by atoms with Crippen molar-refractivity contribution < 1.29 is 27.8 Å². The fraction of sp³-hybridized carbons (Fsp3) is 0.296. The number of hydrogen-bond donors (Lipinski definition) is 2. The monoisotopic (exact) mass is 512 g/mol. The number of pyridine rings is 1. The first kappa shape index (κ1) is 27.4. The number of anilines is 3. The van der Waals surface area contributed by atoms with E-state index in [9.17, 15) is 18.4 Å². The highest BCUT2D eigenvalue weighted by Crippen LogP contribution is 2.37. The molecule has 0 bridgehead atoms. The van der Waals surface area contributed by atoms with Crippen LogP contribution in [0, 0.1) is 11.6 Å². The van der Waals surface area contributed by atoms with E-state index in [4.69, 9.17) is 20.9 Å². The fourth-order valence-electron chi connectivity index (χ4n) is 3.85. The van der Waals surface area contributed by atoms with Crippen LogP contribution in [0.4, 0.5) is 26.0 Å². The highest BCUT2D eigenvalue weighted by molar-refractivity contribution is 5.86. The topological polar surface area (TPSA) is 121 Å². The predicted molar refractivity (Wildman–Crippen MR) is 139 cm³/mol. The van der Waals surface area contributed by atoms with Gasteiger partial charge in [0, 0.05) is 37.0 Å². The van der Waals surface area contributed by atoms with Crippen molar-refractivity contribution in [3.05, 3.63) is 64.9 Å². The van der Waals surface area contributed by atoms with Crippen molar-refractivity contribution in [2.75, 3.05) is 36.6 Å². The van der Waals surface area contributed by atoms with E-state index in [-0.39, 0.29) is 48.5 Å². The number of aldehydes is 1. The van der Waals surface area contributed by atoms with Crippen LogP contribution >= 0.6 is 0 Å². The smallest absolute Gasteiger partial charge is 0.302 e. The normalized spacial score (nSPS) is 10.9. The number of esters is 1. The molecule has 0 spiro atoms. The van der Waals surface area contributed by atoms with Gasteiger partial charge in [0.2, 0.25) is 0 Å². The molecule has 3 rings (SSSR count). The van der Waals surface area contributed by atoms with Crippen LogP contribution in [0.25, 0.3) is 11.1 Å². The second-order valence-electron chi connectivity index (χ2n) is 8.85. The molecule has 2 aromatic carbocycles. The number of halogens is 2. The molecule has 37 heavy (non-hydrogen) atoms. The van der Waals surface area contributed by atoms with Crippen LogP contribution < -0.4 is 21.1 Å². The number of benzene rings is 2. The minimum Gasteiger partial charge on any atom is -0.491 e. The quantitative estimate of drug-likeness (QED) is 0.296. The molecule has 0 unspecified atom stereocenters. The summed E-state index contributed by atoms with van der Waals surface area (Å²) in [7, 11) is 1.70. The summed E-state index contributed by atoms with van der Waals surface area (Å²) in [6.07, 6.45) is 1.87. The van der Waals surface area contributed by atoms with E-state index in [2.05, 4.69) is 4.98 Å². The van der Waals surface area contributed by atoms with Crippen LogP contribution in [0.15, 0.2) is 36.5 Å². The van der Waals surface area contributed by atoms with Gasteiger partial charge in [0.15, 0.2) is 6.29 Å². The zero-order valence-corrected chi connectivity index (χ0v) is 21.2. The van der Waals surface area contributed by atoms with Crippen LogP contribution in [-0.4, -0.2) is 37.4 Å². The molecule has 0 fully saturated rings. The highest BCUT2D eigenvalue weighted by Gasteiger charge is 2.20. The van der Waals surface area contributed by atoms with Crippen LogP contribution in [0.5, 0.6) is 5.75 Å². The Bertz CT molecular complexity index is 1310. The third-order valence-electron chi connectivity index (χ3n) is 5.92. The van der Waals surface area contributed by atoms with Crippen LogP contribution in [0.3, 0.4) is 0 Å². The summed E-state index contributed by atoms with van der Waals surface area (Å²) in [5.74, 6) is -1.46. The number of nitrogens with zero attached hydrogens (tertiary/aromatic N) is 2. The molecule has 3 aromatic rings. The van der Waals surface area contributed by atoms with E-state index in [0.29, 0.717) is 34.2 Å². The molecule has 0 amide bonds. The molecule has 0 aliphatic rings. The maximum atomic E-state index is 14.8. The number of likely N-dealkylation sites (N-methyl/N-ethyl adjacent to an activating group) is 1. The third-order valence-corrected chi connectivity index (χ3v) is 5.92. The molecule has 10 heteroatoms. The van der Waals surface area contributed by atoms with Crippen molar-refractivity contribution in [2.24, 2.45) is 0 Å². The zero-order chi connectivity index (χ0) is 27.3. The van der Waals surface area contributed by atoms with E-state index in [0.717, 1.165) is 0 Å². The van der Waals surface area contributed by atoms with Gasteiger partial charge in [-0.3, -0.25) is 9.59 Å². The number of hydrogen-bond acceptors (Lipinski definition) is 8. The summed E-state index contributed by atoms with van der Waals surface area (Å²) < 4.78 is 40.2. The average Bonchev–Trinajstić information content (AvgIpc) is 2.84. The van der Waals surface area contributed by atoms with Crippen molar-refractivity contribution in [3.63, 3.8) is 0 Å². The molecule has 1 aromatic heterocycles. The molecule has 0 saturated heterocycles. The van der Waals surface area contributed by atoms with Gasteiger partial charge >= 0.3 is 5.97 Å². The van der Waals surface area contributed by atoms with Crippen molar-refractivity contribution >= 4 is 29.4 Å². The molecule has 4 N–H and O–H groups in total. The Morgan fingerprint density at radius 2 is 1.89 bits per heavy atom. The summed E-state index contributed by atoms with van der Waals surface area (Å²) in [5.41, 5.74) is 14.4. The summed E-state index contributed by atoms with van der Waals surface area (Å²) in [4.78, 5) is 28.7. The highest BCUT2D eigenvalue weighted by atomic mass is 19.1. The van der Waals surface area contributed by atoms with Gasteiger partial charge < -0.3 is 25.8 Å².